The predicted molar refractivity (Wildman–Crippen MR) is 76.3 cm³/mol. The van der Waals surface area contributed by atoms with Gasteiger partial charge in [-0.25, -0.2) is 0 Å². The number of ether oxygens (including phenoxy) is 1. The summed E-state index contributed by atoms with van der Waals surface area (Å²) < 4.78 is 6.35. The van der Waals surface area contributed by atoms with Gasteiger partial charge in [-0.1, -0.05) is 33.6 Å². The van der Waals surface area contributed by atoms with Crippen molar-refractivity contribution in [2.24, 2.45) is 0 Å². The van der Waals surface area contributed by atoms with Crippen LogP contribution in [0.1, 0.15) is 25.8 Å². The Hall–Kier alpha value is -0.380. The maximum Gasteiger partial charge on any atom is 0.0920 e. The Morgan fingerprint density at radius 2 is 2.24 bits per heavy atom. The SMILES string of the molecule is CCOC(C)C(=N)CCc1ccc(Br)cc1Cl. The van der Waals surface area contributed by atoms with E-state index in [4.69, 9.17) is 21.7 Å². The molecule has 1 N–H and O–H groups in total. The Bertz CT molecular complexity index is 395. The second-order valence-corrected chi connectivity index (χ2v) is 5.18. The lowest BCUT2D eigenvalue weighted by molar-refractivity contribution is 0.120. The zero-order chi connectivity index (χ0) is 12.8. The van der Waals surface area contributed by atoms with E-state index in [1.807, 2.05) is 32.0 Å². The van der Waals surface area contributed by atoms with Crippen molar-refractivity contribution in [2.75, 3.05) is 6.61 Å². The molecule has 1 aromatic carbocycles. The first-order chi connectivity index (χ1) is 8.04. The summed E-state index contributed by atoms with van der Waals surface area (Å²) in [6, 6.07) is 5.84. The van der Waals surface area contributed by atoms with Crippen molar-refractivity contribution in [3.8, 4) is 0 Å². The third-order valence-corrected chi connectivity index (χ3v) is 3.43. The van der Waals surface area contributed by atoms with Crippen LogP contribution < -0.4 is 0 Å². The van der Waals surface area contributed by atoms with Crippen molar-refractivity contribution in [3.05, 3.63) is 33.3 Å². The van der Waals surface area contributed by atoms with E-state index in [1.54, 1.807) is 0 Å². The molecule has 0 saturated carbocycles. The Morgan fingerprint density at radius 1 is 1.53 bits per heavy atom. The Labute approximate surface area is 116 Å². The molecule has 0 saturated heterocycles. The van der Waals surface area contributed by atoms with Crippen molar-refractivity contribution in [3.63, 3.8) is 0 Å². The lowest BCUT2D eigenvalue weighted by Gasteiger charge is -2.13. The Kier molecular flexibility index (Phi) is 6.17. The van der Waals surface area contributed by atoms with E-state index < -0.39 is 0 Å². The van der Waals surface area contributed by atoms with Crippen molar-refractivity contribution in [1.29, 1.82) is 5.41 Å². The highest BCUT2D eigenvalue weighted by Gasteiger charge is 2.09. The van der Waals surface area contributed by atoms with E-state index >= 15 is 0 Å². The zero-order valence-electron chi connectivity index (χ0n) is 10.1. The fraction of sp³-hybridized carbons (Fsp3) is 0.462. The molecule has 0 aliphatic rings. The predicted octanol–water partition coefficient (Wildman–Crippen LogP) is 4.48. The first-order valence-electron chi connectivity index (χ1n) is 5.67. The summed E-state index contributed by atoms with van der Waals surface area (Å²) in [7, 11) is 0. The van der Waals surface area contributed by atoms with E-state index in [0.717, 1.165) is 21.5 Å². The molecule has 1 rings (SSSR count). The first-order valence-corrected chi connectivity index (χ1v) is 6.84. The highest BCUT2D eigenvalue weighted by atomic mass is 79.9. The minimum Gasteiger partial charge on any atom is -0.373 e. The van der Waals surface area contributed by atoms with Crippen LogP contribution in [0.25, 0.3) is 0 Å². The lowest BCUT2D eigenvalue weighted by Crippen LogP contribution is -2.20. The maximum absolute atomic E-state index is 7.88. The minimum atomic E-state index is -0.103. The van der Waals surface area contributed by atoms with Crippen LogP contribution in [0, 0.1) is 5.41 Å². The van der Waals surface area contributed by atoms with E-state index in [1.165, 1.54) is 0 Å². The molecule has 0 bridgehead atoms. The molecule has 94 valence electrons. The number of nitrogens with one attached hydrogen (secondary N) is 1. The van der Waals surface area contributed by atoms with Gasteiger partial charge in [-0.2, -0.15) is 0 Å². The van der Waals surface area contributed by atoms with Crippen LogP contribution in [0.3, 0.4) is 0 Å². The molecule has 0 aromatic heterocycles. The van der Waals surface area contributed by atoms with Gasteiger partial charge in [0.05, 0.1) is 6.10 Å². The van der Waals surface area contributed by atoms with Crippen LogP contribution in [0.5, 0.6) is 0 Å². The second-order valence-electron chi connectivity index (χ2n) is 3.86. The van der Waals surface area contributed by atoms with E-state index in [0.29, 0.717) is 18.7 Å². The van der Waals surface area contributed by atoms with Crippen molar-refractivity contribution >= 4 is 33.2 Å². The van der Waals surface area contributed by atoms with Crippen LogP contribution in [0.4, 0.5) is 0 Å². The topological polar surface area (TPSA) is 33.1 Å². The number of hydrogen-bond donors (Lipinski definition) is 1. The summed E-state index contributed by atoms with van der Waals surface area (Å²) in [5.74, 6) is 0. The van der Waals surface area contributed by atoms with E-state index in [2.05, 4.69) is 15.9 Å². The average Bonchev–Trinajstić information content (AvgIpc) is 2.27. The molecule has 0 heterocycles. The van der Waals surface area contributed by atoms with Gasteiger partial charge in [0.2, 0.25) is 0 Å². The molecule has 0 amide bonds. The molecule has 1 unspecified atom stereocenters. The lowest BCUT2D eigenvalue weighted by atomic mass is 10.0. The van der Waals surface area contributed by atoms with Gasteiger partial charge in [0.1, 0.15) is 0 Å². The molecular weight excluding hydrogens is 302 g/mol. The smallest absolute Gasteiger partial charge is 0.0920 e. The Morgan fingerprint density at radius 3 is 2.82 bits per heavy atom. The second kappa shape index (κ2) is 7.14. The largest absolute Gasteiger partial charge is 0.373 e. The number of hydrogen-bond acceptors (Lipinski definition) is 2. The number of benzene rings is 1. The molecular formula is C13H17BrClNO. The summed E-state index contributed by atoms with van der Waals surface area (Å²) in [6.45, 7) is 4.49. The average molecular weight is 319 g/mol. The van der Waals surface area contributed by atoms with Gasteiger partial charge in [-0.3, -0.25) is 0 Å². The fourth-order valence-corrected chi connectivity index (χ4v) is 2.32. The molecule has 17 heavy (non-hydrogen) atoms. The standard InChI is InChI=1S/C13H17BrClNO/c1-3-17-9(2)13(16)7-5-10-4-6-11(14)8-12(10)15/h4,6,8-9,16H,3,5,7H2,1-2H3. The normalized spacial score (nSPS) is 12.5. The van der Waals surface area contributed by atoms with Gasteiger partial charge in [0.25, 0.3) is 0 Å². The monoisotopic (exact) mass is 317 g/mol. The summed E-state index contributed by atoms with van der Waals surface area (Å²) >= 11 is 9.50. The zero-order valence-corrected chi connectivity index (χ0v) is 12.4. The molecule has 0 fully saturated rings. The fourth-order valence-electron chi connectivity index (χ4n) is 1.55. The number of halogens is 2. The van der Waals surface area contributed by atoms with Gasteiger partial charge < -0.3 is 10.1 Å². The van der Waals surface area contributed by atoms with Crippen LogP contribution in [0.15, 0.2) is 22.7 Å². The molecule has 0 radical (unpaired) electrons. The number of aryl methyl sites for hydroxylation is 1. The van der Waals surface area contributed by atoms with Crippen molar-refractivity contribution in [2.45, 2.75) is 32.8 Å². The quantitative estimate of drug-likeness (QED) is 0.771. The highest BCUT2D eigenvalue weighted by Crippen LogP contribution is 2.22. The van der Waals surface area contributed by atoms with E-state index in [9.17, 15) is 0 Å². The maximum atomic E-state index is 7.88. The summed E-state index contributed by atoms with van der Waals surface area (Å²) in [6.07, 6.45) is 1.36. The summed E-state index contributed by atoms with van der Waals surface area (Å²) in [5.41, 5.74) is 1.69. The summed E-state index contributed by atoms with van der Waals surface area (Å²) in [5, 5.41) is 8.63. The van der Waals surface area contributed by atoms with Crippen molar-refractivity contribution < 1.29 is 4.74 Å². The Balaban J connectivity index is 2.53. The van der Waals surface area contributed by atoms with Gasteiger partial charge in [-0.15, -0.1) is 0 Å². The first kappa shape index (κ1) is 14.7. The van der Waals surface area contributed by atoms with E-state index in [-0.39, 0.29) is 6.10 Å². The minimum absolute atomic E-state index is 0.103. The summed E-state index contributed by atoms with van der Waals surface area (Å²) in [4.78, 5) is 0. The molecule has 0 aliphatic heterocycles. The van der Waals surface area contributed by atoms with Crippen LogP contribution in [-0.2, 0) is 11.2 Å². The molecule has 0 spiro atoms. The van der Waals surface area contributed by atoms with Gasteiger partial charge >= 0.3 is 0 Å². The molecule has 1 atom stereocenters. The molecule has 0 aliphatic carbocycles. The number of rotatable bonds is 6. The van der Waals surface area contributed by atoms with Gasteiger partial charge in [0.15, 0.2) is 0 Å². The van der Waals surface area contributed by atoms with Crippen LogP contribution in [-0.4, -0.2) is 18.4 Å². The van der Waals surface area contributed by atoms with Crippen molar-refractivity contribution in [1.82, 2.24) is 0 Å². The van der Waals surface area contributed by atoms with Gasteiger partial charge in [0, 0.05) is 21.8 Å². The third kappa shape index (κ3) is 4.78. The van der Waals surface area contributed by atoms with Crippen LogP contribution >= 0.6 is 27.5 Å². The molecule has 2 nitrogen and oxygen atoms in total. The van der Waals surface area contributed by atoms with Gasteiger partial charge in [-0.05, 0) is 44.4 Å². The highest BCUT2D eigenvalue weighted by molar-refractivity contribution is 9.10. The third-order valence-electron chi connectivity index (χ3n) is 2.59. The van der Waals surface area contributed by atoms with Crippen LogP contribution in [0.2, 0.25) is 5.02 Å². The molecule has 1 aromatic rings. The molecule has 4 heteroatoms.